The Kier molecular flexibility index (Phi) is 6.20. The summed E-state index contributed by atoms with van der Waals surface area (Å²) >= 11 is 5.76. The van der Waals surface area contributed by atoms with Crippen molar-refractivity contribution in [3.8, 4) is 17.1 Å². The molecule has 176 valence electrons. The lowest BCUT2D eigenvalue weighted by Crippen LogP contribution is -2.29. The third-order valence-electron chi connectivity index (χ3n) is 5.96. The Morgan fingerprint density at radius 2 is 1.77 bits per heavy atom. The minimum absolute atomic E-state index is 0.216. The highest BCUT2D eigenvalue weighted by Gasteiger charge is 2.42. The highest BCUT2D eigenvalue weighted by atomic mass is 32.1. The summed E-state index contributed by atoms with van der Waals surface area (Å²) in [5.41, 5.74) is 3.10. The summed E-state index contributed by atoms with van der Waals surface area (Å²) in [7, 11) is 3.00. The summed E-state index contributed by atoms with van der Waals surface area (Å²) < 4.78 is 16.5. The lowest BCUT2D eigenvalue weighted by molar-refractivity contribution is 0.0600. The lowest BCUT2D eigenvalue weighted by atomic mass is 10.0. The molecule has 8 heteroatoms. The number of hydrogen-bond acceptors (Lipinski definition) is 6. The molecule has 0 saturated carbocycles. The summed E-state index contributed by atoms with van der Waals surface area (Å²) in [5.74, 6) is 1.80. The number of carbonyl (C=O) groups excluding carboxylic acids is 1. The molecule has 5 rings (SSSR count). The van der Waals surface area contributed by atoms with Gasteiger partial charge in [0.05, 0.1) is 31.5 Å². The predicted molar refractivity (Wildman–Crippen MR) is 136 cm³/mol. The number of aromatic nitrogens is 1. The molecule has 0 spiro atoms. The highest BCUT2D eigenvalue weighted by molar-refractivity contribution is 7.80. The van der Waals surface area contributed by atoms with Crippen LogP contribution in [0.15, 0.2) is 89.5 Å². The Bertz CT molecular complexity index is 1340. The first-order valence-corrected chi connectivity index (χ1v) is 11.4. The van der Waals surface area contributed by atoms with Gasteiger partial charge in [0, 0.05) is 17.4 Å². The number of benzene rings is 2. The van der Waals surface area contributed by atoms with E-state index in [1.807, 2.05) is 71.6 Å². The Balaban J connectivity index is 1.53. The molecule has 2 atom stereocenters. The van der Waals surface area contributed by atoms with E-state index in [-0.39, 0.29) is 18.1 Å². The molecular formula is C27H23N3O4S. The standard InChI is InChI=1S/C27H23N3O4S/c1-32-20-12-10-19(11-13-20)30-25(24(29-27(30)35)21-5-3-4-16-28-21)23-15-14-22(34-23)17-6-8-18(9-7-17)26(31)33-2/h3-16,24-25H,1-2H3,(H,29,35)/t24-,25+/m0/s1. The first kappa shape index (κ1) is 22.6. The van der Waals surface area contributed by atoms with Crippen LogP contribution in [0.2, 0.25) is 0 Å². The van der Waals surface area contributed by atoms with Crippen LogP contribution in [0.5, 0.6) is 5.75 Å². The number of esters is 1. The summed E-state index contributed by atoms with van der Waals surface area (Å²) in [4.78, 5) is 18.4. The molecule has 1 N–H and O–H groups in total. The van der Waals surface area contributed by atoms with Crippen LogP contribution in [0.1, 0.15) is 33.9 Å². The molecule has 1 fully saturated rings. The molecule has 1 aliphatic rings. The van der Waals surface area contributed by atoms with Gasteiger partial charge in [0.1, 0.15) is 23.3 Å². The third-order valence-corrected chi connectivity index (χ3v) is 6.27. The van der Waals surface area contributed by atoms with Gasteiger partial charge in [0.15, 0.2) is 5.11 Å². The maximum atomic E-state index is 11.8. The van der Waals surface area contributed by atoms with Crippen LogP contribution in [-0.2, 0) is 4.74 Å². The van der Waals surface area contributed by atoms with Gasteiger partial charge in [-0.15, -0.1) is 0 Å². The van der Waals surface area contributed by atoms with Crippen molar-refractivity contribution in [3.63, 3.8) is 0 Å². The number of ether oxygens (including phenoxy) is 2. The zero-order valence-electron chi connectivity index (χ0n) is 19.2. The number of rotatable bonds is 6. The largest absolute Gasteiger partial charge is 0.497 e. The maximum absolute atomic E-state index is 11.8. The SMILES string of the molecule is COC(=O)c1ccc(-c2ccc([C@@H]3[C@H](c4ccccn4)NC(=S)N3c3ccc(OC)cc3)o2)cc1. The third kappa shape index (κ3) is 4.36. The van der Waals surface area contributed by atoms with Gasteiger partial charge < -0.3 is 24.1 Å². The number of nitrogens with zero attached hydrogens (tertiary/aromatic N) is 2. The van der Waals surface area contributed by atoms with Gasteiger partial charge in [0.2, 0.25) is 0 Å². The van der Waals surface area contributed by atoms with E-state index in [1.54, 1.807) is 25.4 Å². The fraction of sp³-hybridized carbons (Fsp3) is 0.148. The number of pyridine rings is 1. The molecule has 35 heavy (non-hydrogen) atoms. The Morgan fingerprint density at radius 1 is 1.00 bits per heavy atom. The first-order chi connectivity index (χ1) is 17.1. The van der Waals surface area contributed by atoms with Crippen LogP contribution in [0.25, 0.3) is 11.3 Å². The van der Waals surface area contributed by atoms with Crippen molar-refractivity contribution in [1.29, 1.82) is 0 Å². The Morgan fingerprint density at radius 3 is 2.43 bits per heavy atom. The number of hydrogen-bond donors (Lipinski definition) is 1. The van der Waals surface area contributed by atoms with E-state index in [9.17, 15) is 4.79 Å². The van der Waals surface area contributed by atoms with Crippen molar-refractivity contribution >= 4 is 29.0 Å². The van der Waals surface area contributed by atoms with Crippen molar-refractivity contribution in [1.82, 2.24) is 10.3 Å². The second kappa shape index (κ2) is 9.60. The first-order valence-electron chi connectivity index (χ1n) is 11.0. The summed E-state index contributed by atoms with van der Waals surface area (Å²) in [6.07, 6.45) is 1.77. The van der Waals surface area contributed by atoms with Gasteiger partial charge in [-0.25, -0.2) is 4.79 Å². The van der Waals surface area contributed by atoms with E-state index in [0.29, 0.717) is 16.4 Å². The fourth-order valence-electron chi connectivity index (χ4n) is 4.22. The van der Waals surface area contributed by atoms with Gasteiger partial charge in [-0.05, 0) is 72.9 Å². The van der Waals surface area contributed by atoms with Crippen LogP contribution >= 0.6 is 12.2 Å². The monoisotopic (exact) mass is 485 g/mol. The normalized spacial score (nSPS) is 17.2. The minimum atomic E-state index is -0.379. The molecule has 0 radical (unpaired) electrons. The lowest BCUT2D eigenvalue weighted by Gasteiger charge is -2.26. The molecule has 0 aliphatic carbocycles. The fourth-order valence-corrected chi connectivity index (χ4v) is 4.57. The van der Waals surface area contributed by atoms with Gasteiger partial charge in [-0.3, -0.25) is 4.98 Å². The summed E-state index contributed by atoms with van der Waals surface area (Å²) in [6, 6.07) is 24.1. The van der Waals surface area contributed by atoms with E-state index in [2.05, 4.69) is 10.3 Å². The molecule has 0 amide bonds. The van der Waals surface area contributed by atoms with Crippen molar-refractivity contribution in [2.45, 2.75) is 12.1 Å². The zero-order chi connectivity index (χ0) is 24.4. The predicted octanol–water partition coefficient (Wildman–Crippen LogP) is 5.31. The number of furan rings is 1. The van der Waals surface area contributed by atoms with Crippen molar-refractivity contribution in [3.05, 3.63) is 102 Å². The molecule has 0 unspecified atom stereocenters. The van der Waals surface area contributed by atoms with Crippen molar-refractivity contribution < 1.29 is 18.7 Å². The molecule has 3 heterocycles. The number of nitrogens with one attached hydrogen (secondary N) is 1. The van der Waals surface area contributed by atoms with Crippen LogP contribution < -0.4 is 15.0 Å². The highest BCUT2D eigenvalue weighted by Crippen LogP contribution is 2.43. The smallest absolute Gasteiger partial charge is 0.337 e. The molecular weight excluding hydrogens is 462 g/mol. The van der Waals surface area contributed by atoms with Gasteiger partial charge >= 0.3 is 5.97 Å². The maximum Gasteiger partial charge on any atom is 0.337 e. The van der Waals surface area contributed by atoms with E-state index in [1.165, 1.54) is 7.11 Å². The van der Waals surface area contributed by atoms with E-state index >= 15 is 0 Å². The van der Waals surface area contributed by atoms with Crippen LogP contribution in [0, 0.1) is 0 Å². The van der Waals surface area contributed by atoms with Crippen LogP contribution in [0.4, 0.5) is 5.69 Å². The van der Waals surface area contributed by atoms with Gasteiger partial charge in [-0.1, -0.05) is 18.2 Å². The van der Waals surface area contributed by atoms with Crippen LogP contribution in [0.3, 0.4) is 0 Å². The van der Waals surface area contributed by atoms with Gasteiger partial charge in [-0.2, -0.15) is 0 Å². The molecule has 1 saturated heterocycles. The average molecular weight is 486 g/mol. The molecule has 4 aromatic rings. The topological polar surface area (TPSA) is 76.8 Å². The Hall–Kier alpha value is -4.17. The zero-order valence-corrected chi connectivity index (χ0v) is 20.0. The molecule has 2 aromatic heterocycles. The molecule has 7 nitrogen and oxygen atoms in total. The molecule has 0 bridgehead atoms. The second-order valence-corrected chi connectivity index (χ2v) is 8.35. The quantitative estimate of drug-likeness (QED) is 0.291. The second-order valence-electron chi connectivity index (χ2n) is 7.97. The summed E-state index contributed by atoms with van der Waals surface area (Å²) in [6.45, 7) is 0. The van der Waals surface area contributed by atoms with Crippen LogP contribution in [-0.4, -0.2) is 30.3 Å². The van der Waals surface area contributed by atoms with E-state index < -0.39 is 0 Å². The van der Waals surface area contributed by atoms with Crippen molar-refractivity contribution in [2.24, 2.45) is 0 Å². The number of methoxy groups -OCH3 is 2. The minimum Gasteiger partial charge on any atom is -0.497 e. The van der Waals surface area contributed by atoms with E-state index in [0.717, 1.165) is 28.5 Å². The van der Waals surface area contributed by atoms with Gasteiger partial charge in [0.25, 0.3) is 0 Å². The van der Waals surface area contributed by atoms with E-state index in [4.69, 9.17) is 26.1 Å². The Labute approximate surface area is 208 Å². The molecule has 1 aliphatic heterocycles. The number of carbonyl (C=O) groups is 1. The summed E-state index contributed by atoms with van der Waals surface area (Å²) in [5, 5.41) is 4.00. The average Bonchev–Trinajstić information content (AvgIpc) is 3.53. The number of thiocarbonyl (C=S) groups is 1. The van der Waals surface area contributed by atoms with Crippen molar-refractivity contribution in [2.75, 3.05) is 19.1 Å². The molecule has 2 aromatic carbocycles. The number of anilines is 1.